The van der Waals surface area contributed by atoms with Gasteiger partial charge >= 0.3 is 5.51 Å². The molecule has 0 saturated carbocycles. The number of hydrogen-bond acceptors (Lipinski definition) is 19. The molecule has 3 aliphatic heterocycles. The Morgan fingerprint density at radius 2 is 1.59 bits per heavy atom. The van der Waals surface area contributed by atoms with E-state index in [4.69, 9.17) is 21.1 Å². The molecule has 4 N–H and O–H groups in total. The molecule has 1 aromatic heterocycles. The maximum Gasteiger partial charge on any atom is 0.501 e. The topological polar surface area (TPSA) is 264 Å². The molecule has 4 aliphatic rings. The van der Waals surface area contributed by atoms with Gasteiger partial charge in [-0.3, -0.25) is 43.8 Å². The number of imide groups is 2. The lowest BCUT2D eigenvalue weighted by Crippen LogP contribution is -2.54. The Kier molecular flexibility index (Phi) is 23.1. The van der Waals surface area contributed by atoms with Crippen molar-refractivity contribution in [1.82, 2.24) is 39.7 Å². The number of carbonyl (C=O) groups is 5. The maximum atomic E-state index is 14.5. The molecular weight excluding hydrogens is 1320 g/mol. The van der Waals surface area contributed by atoms with Crippen LogP contribution in [0.2, 0.25) is 5.02 Å². The van der Waals surface area contributed by atoms with Gasteiger partial charge in [0, 0.05) is 90.9 Å². The maximum absolute atomic E-state index is 14.5. The minimum atomic E-state index is -6.16. The van der Waals surface area contributed by atoms with E-state index < -0.39 is 82.5 Å². The van der Waals surface area contributed by atoms with Crippen molar-refractivity contribution in [2.24, 2.45) is 5.41 Å². The quantitative estimate of drug-likeness (QED) is 0.0186. The predicted molar refractivity (Wildman–Crippen MR) is 359 cm³/mol. The number of anilines is 3. The number of hydrogen-bond donors (Lipinski definition) is 4. The van der Waals surface area contributed by atoms with E-state index in [9.17, 15) is 54.0 Å². The number of sulfonamides is 1. The third-order valence-electron chi connectivity index (χ3n) is 17.3. The van der Waals surface area contributed by atoms with Gasteiger partial charge in [0.25, 0.3) is 37.6 Å². The average molecular weight is 1400 g/mol. The van der Waals surface area contributed by atoms with Gasteiger partial charge in [0.15, 0.2) is 0 Å². The van der Waals surface area contributed by atoms with Crippen LogP contribution < -0.4 is 25.6 Å². The molecule has 96 heavy (non-hydrogen) atoms. The number of amides is 5. The van der Waals surface area contributed by atoms with Crippen molar-refractivity contribution < 1.29 is 63.5 Å². The molecule has 0 radical (unpaired) electrons. The summed E-state index contributed by atoms with van der Waals surface area (Å²) in [6.07, 6.45) is 5.87. The monoisotopic (exact) mass is 1400 g/mol. The minimum Gasteiger partial charge on any atom is -0.382 e. The van der Waals surface area contributed by atoms with Crippen LogP contribution in [0.5, 0.6) is 0 Å². The first-order chi connectivity index (χ1) is 45.8. The smallest absolute Gasteiger partial charge is 0.382 e. The normalized spacial score (nSPS) is 17.4. The molecule has 6 aromatic rings. The van der Waals surface area contributed by atoms with E-state index in [1.807, 2.05) is 59.1 Å². The van der Waals surface area contributed by atoms with E-state index in [2.05, 4.69) is 62.0 Å². The van der Waals surface area contributed by atoms with Gasteiger partial charge in [-0.15, -0.1) is 16.9 Å². The van der Waals surface area contributed by atoms with Crippen molar-refractivity contribution >= 4 is 95.4 Å². The lowest BCUT2D eigenvalue weighted by atomic mass is 9.73. The first kappa shape index (κ1) is 71.1. The zero-order valence-corrected chi connectivity index (χ0v) is 56.6. The van der Waals surface area contributed by atoms with Gasteiger partial charge in [-0.25, -0.2) is 21.6 Å². The third-order valence-corrected chi connectivity index (χ3v) is 21.6. The highest BCUT2D eigenvalue weighted by atomic mass is 35.5. The van der Waals surface area contributed by atoms with E-state index in [1.165, 1.54) is 46.7 Å². The fourth-order valence-corrected chi connectivity index (χ4v) is 15.3. The van der Waals surface area contributed by atoms with Crippen LogP contribution in [0.4, 0.5) is 30.2 Å². The first-order valence-electron chi connectivity index (χ1n) is 31.6. The van der Waals surface area contributed by atoms with Crippen LogP contribution in [-0.4, -0.2) is 179 Å². The second kappa shape index (κ2) is 31.2. The number of allylic oxidation sites excluding steroid dienone is 1. The van der Waals surface area contributed by atoms with Crippen molar-refractivity contribution in [3.05, 3.63) is 160 Å². The van der Waals surface area contributed by atoms with E-state index in [0.29, 0.717) is 74.6 Å². The van der Waals surface area contributed by atoms with Gasteiger partial charge < -0.3 is 29.9 Å². The molecule has 1 aliphatic carbocycles. The number of ether oxygens (including phenoxy) is 2. The molecule has 4 heterocycles. The SMILES string of the molecule is CN(CCCn1cc(COCCOCCNc2cccc3c2C(=O)N(C2CCC(=O)NC2=O)C3=O)nn1)CC[C@H](CSc1ccccc1)Nc1ccc(S(=O)(=O)NC(=O)c2ccc(N3CCN(CC4=C(c5ccc(Cl)cc5)CCC(C)(C)C4)CC3)cc2)cc1S(=O)(=O)C(F)(F)F. The number of halogens is 4. The molecule has 2 fully saturated rings. The first-order valence-corrected chi connectivity index (χ1v) is 36.0. The standard InChI is InChI=1S/C67H77ClF3N11O11S3/c1-66(2)27-25-54(45-13-17-48(68)18-14-45)47(40-66)41-79-32-34-80(35-33-79)51-19-15-46(16-20-51)62(84)76-96(90,91)53-21-22-56(59(39-53)95(88,89)67(69,70)71)73-49(44-94-52-9-5-4-6-10-52)26-31-78(3)29-8-30-81-42-50(75-77-81)43-93-38-37-92-36-28-72-57-12-7-11-55-61(57)65(87)82(64(55)86)58-23-24-60(83)74-63(58)85/h4-7,9-22,39,42,49,58,72-73H,8,23-38,40-41,43-44H2,1-3H3,(H,76,84)(H,74,83,85)/t49-,58?/m1/s1. The number of aromatic nitrogens is 3. The summed E-state index contributed by atoms with van der Waals surface area (Å²) >= 11 is 7.62. The number of piperidine rings is 1. The molecule has 10 rings (SSSR count). The Morgan fingerprint density at radius 1 is 0.854 bits per heavy atom. The Bertz CT molecular complexity index is 4060. The summed E-state index contributed by atoms with van der Waals surface area (Å²) in [5.74, 6) is -3.13. The predicted octanol–water partition coefficient (Wildman–Crippen LogP) is 9.16. The lowest BCUT2D eigenvalue weighted by Gasteiger charge is -2.39. The number of fused-ring (bicyclic) bond motifs is 1. The summed E-state index contributed by atoms with van der Waals surface area (Å²) in [6, 6.07) is 29.1. The second-order valence-electron chi connectivity index (χ2n) is 24.9. The number of rotatable bonds is 30. The molecule has 512 valence electrons. The van der Waals surface area contributed by atoms with E-state index >= 15 is 0 Å². The number of thioether (sulfide) groups is 1. The summed E-state index contributed by atoms with van der Waals surface area (Å²) < 4.78 is 113. The van der Waals surface area contributed by atoms with Crippen LogP contribution in [0.25, 0.3) is 5.57 Å². The summed E-state index contributed by atoms with van der Waals surface area (Å²) in [5.41, 5.74) is 0.0214. The highest BCUT2D eigenvalue weighted by molar-refractivity contribution is 7.99. The number of alkyl halides is 3. The zero-order chi connectivity index (χ0) is 68.4. The van der Waals surface area contributed by atoms with Crippen LogP contribution in [0.1, 0.15) is 101 Å². The van der Waals surface area contributed by atoms with Crippen LogP contribution in [0.3, 0.4) is 0 Å². The Hall–Kier alpha value is -7.70. The summed E-state index contributed by atoms with van der Waals surface area (Å²) in [7, 11) is -9.21. The van der Waals surface area contributed by atoms with Crippen LogP contribution >= 0.6 is 23.4 Å². The number of carbonyl (C=O) groups excluding carboxylic acids is 5. The molecule has 0 spiro atoms. The number of piperazine rings is 1. The van der Waals surface area contributed by atoms with Crippen molar-refractivity contribution in [2.75, 3.05) is 101 Å². The zero-order valence-electron chi connectivity index (χ0n) is 53.4. The number of nitrogens with zero attached hydrogens (tertiary/aromatic N) is 7. The molecule has 0 bridgehead atoms. The number of benzene rings is 5. The molecule has 2 atom stereocenters. The highest BCUT2D eigenvalue weighted by Crippen LogP contribution is 2.43. The highest BCUT2D eigenvalue weighted by Gasteiger charge is 2.49. The molecule has 22 nitrogen and oxygen atoms in total. The molecule has 29 heteroatoms. The molecule has 2 saturated heterocycles. The molecule has 5 aromatic carbocycles. The number of aryl methyl sites for hydroxylation is 1. The van der Waals surface area contributed by atoms with Gasteiger partial charge in [0.2, 0.25) is 11.8 Å². The largest absolute Gasteiger partial charge is 0.501 e. The van der Waals surface area contributed by atoms with Crippen molar-refractivity contribution in [3.8, 4) is 0 Å². The van der Waals surface area contributed by atoms with Crippen LogP contribution in [0, 0.1) is 5.41 Å². The number of sulfone groups is 1. The second-order valence-corrected chi connectivity index (χ2v) is 30.1. The van der Waals surface area contributed by atoms with E-state index in [1.54, 1.807) is 35.1 Å². The fourth-order valence-electron chi connectivity index (χ4n) is 12.1. The Labute approximate surface area is 565 Å². The van der Waals surface area contributed by atoms with Gasteiger partial charge in [0.05, 0.1) is 54.3 Å². The summed E-state index contributed by atoms with van der Waals surface area (Å²) in [4.78, 5) is 70.4. The van der Waals surface area contributed by atoms with Crippen LogP contribution in [0.15, 0.2) is 142 Å². The summed E-state index contributed by atoms with van der Waals surface area (Å²) in [5, 5.41) is 17.4. The van der Waals surface area contributed by atoms with E-state index in [0.717, 1.165) is 66.5 Å². The fraction of sp³-hybridized carbons (Fsp3) is 0.418. The van der Waals surface area contributed by atoms with Gasteiger partial charge in [-0.2, -0.15) is 13.2 Å². The van der Waals surface area contributed by atoms with Crippen molar-refractivity contribution in [3.63, 3.8) is 0 Å². The number of nitrogens with one attached hydrogen (secondary N) is 4. The van der Waals surface area contributed by atoms with Crippen molar-refractivity contribution in [1.29, 1.82) is 0 Å². The molecule has 5 amide bonds. The average Bonchev–Trinajstić information content (AvgIpc) is 1.38. The van der Waals surface area contributed by atoms with Gasteiger partial charge in [0.1, 0.15) is 16.6 Å². The summed E-state index contributed by atoms with van der Waals surface area (Å²) in [6.45, 7) is 11.1. The Balaban J connectivity index is 0.684. The van der Waals surface area contributed by atoms with Gasteiger partial charge in [-0.05, 0) is 154 Å². The van der Waals surface area contributed by atoms with Crippen molar-refractivity contribution in [2.45, 2.75) is 104 Å². The van der Waals surface area contributed by atoms with E-state index in [-0.39, 0.29) is 67.1 Å². The molecule has 1 unspecified atom stereocenters. The lowest BCUT2D eigenvalue weighted by molar-refractivity contribution is -0.136. The van der Waals surface area contributed by atoms with Gasteiger partial charge in [-0.1, -0.05) is 72.6 Å². The third kappa shape index (κ3) is 17.9. The minimum absolute atomic E-state index is 0.0176. The van der Waals surface area contributed by atoms with Crippen LogP contribution in [-0.2, 0) is 52.1 Å². The Morgan fingerprint density at radius 3 is 2.32 bits per heavy atom. The molecular formula is C67H77ClF3N11O11S3.